The number of hydrogen-bond donors (Lipinski definition) is 2. The average molecular weight is 304 g/mol. The summed E-state index contributed by atoms with van der Waals surface area (Å²) in [4.78, 5) is 11.2. The zero-order chi connectivity index (χ0) is 15.8. The standard InChI is InChI=1S/C11H8F4N4O2/c1-21-9-4(11(13,14)15)2-3-5(12)6(9)7-8(10(16)20)18-19-17-7/h2-3H,1H3,(H2,16,20)(H,17,18,19). The van der Waals surface area contributed by atoms with Crippen molar-refractivity contribution in [1.82, 2.24) is 15.4 Å². The van der Waals surface area contributed by atoms with E-state index in [0.29, 0.717) is 12.1 Å². The van der Waals surface area contributed by atoms with Crippen LogP contribution < -0.4 is 10.5 Å². The first-order valence-corrected chi connectivity index (χ1v) is 5.42. The lowest BCUT2D eigenvalue weighted by atomic mass is 10.0. The van der Waals surface area contributed by atoms with Crippen molar-refractivity contribution in [2.24, 2.45) is 5.73 Å². The van der Waals surface area contributed by atoms with Crippen molar-refractivity contribution in [3.8, 4) is 17.0 Å². The highest BCUT2D eigenvalue weighted by Crippen LogP contribution is 2.43. The molecule has 0 bridgehead atoms. The summed E-state index contributed by atoms with van der Waals surface area (Å²) in [6.07, 6.45) is -4.77. The SMILES string of the molecule is COc1c(C(F)(F)F)ccc(F)c1-c1n[nH]nc1C(N)=O. The molecule has 10 heteroatoms. The molecule has 21 heavy (non-hydrogen) atoms. The molecular weight excluding hydrogens is 296 g/mol. The summed E-state index contributed by atoms with van der Waals surface area (Å²) < 4.78 is 57.3. The Morgan fingerprint density at radius 1 is 1.33 bits per heavy atom. The number of nitrogens with one attached hydrogen (secondary N) is 1. The van der Waals surface area contributed by atoms with Crippen LogP contribution in [0.25, 0.3) is 11.3 Å². The Morgan fingerprint density at radius 3 is 2.52 bits per heavy atom. The van der Waals surface area contributed by atoms with Crippen molar-refractivity contribution in [2.75, 3.05) is 7.11 Å². The third kappa shape index (κ3) is 2.51. The van der Waals surface area contributed by atoms with E-state index < -0.39 is 46.2 Å². The second-order valence-electron chi connectivity index (χ2n) is 3.89. The fourth-order valence-corrected chi connectivity index (χ4v) is 1.79. The molecule has 1 amide bonds. The highest BCUT2D eigenvalue weighted by Gasteiger charge is 2.37. The summed E-state index contributed by atoms with van der Waals surface area (Å²) in [5.41, 5.74) is 2.21. The van der Waals surface area contributed by atoms with Crippen molar-refractivity contribution in [2.45, 2.75) is 6.18 Å². The molecule has 0 saturated carbocycles. The molecule has 0 aliphatic rings. The Balaban J connectivity index is 2.79. The number of methoxy groups -OCH3 is 1. The van der Waals surface area contributed by atoms with Gasteiger partial charge in [0.1, 0.15) is 17.3 Å². The van der Waals surface area contributed by atoms with E-state index in [-0.39, 0.29) is 0 Å². The summed E-state index contributed by atoms with van der Waals surface area (Å²) in [5.74, 6) is -2.94. The molecule has 6 nitrogen and oxygen atoms in total. The first kappa shape index (κ1) is 14.8. The number of carbonyl (C=O) groups excluding carboxylic acids is 1. The molecule has 0 fully saturated rings. The Labute approximate surface area is 114 Å². The number of halogens is 4. The molecule has 3 N–H and O–H groups in total. The number of primary amides is 1. The average Bonchev–Trinajstić information content (AvgIpc) is 2.85. The number of benzene rings is 1. The van der Waals surface area contributed by atoms with Gasteiger partial charge in [-0.1, -0.05) is 0 Å². The van der Waals surface area contributed by atoms with E-state index in [0.717, 1.165) is 7.11 Å². The van der Waals surface area contributed by atoms with Gasteiger partial charge >= 0.3 is 6.18 Å². The monoisotopic (exact) mass is 304 g/mol. The van der Waals surface area contributed by atoms with E-state index in [4.69, 9.17) is 5.73 Å². The van der Waals surface area contributed by atoms with Crippen molar-refractivity contribution >= 4 is 5.91 Å². The molecule has 1 aromatic carbocycles. The minimum absolute atomic E-state index is 0.456. The van der Waals surface area contributed by atoms with Crippen LogP contribution in [0.4, 0.5) is 17.6 Å². The quantitative estimate of drug-likeness (QED) is 0.844. The zero-order valence-corrected chi connectivity index (χ0v) is 10.5. The fourth-order valence-electron chi connectivity index (χ4n) is 1.79. The maximum absolute atomic E-state index is 13.9. The molecule has 2 rings (SSSR count). The summed E-state index contributed by atoms with van der Waals surface area (Å²) >= 11 is 0. The van der Waals surface area contributed by atoms with Crippen LogP contribution >= 0.6 is 0 Å². The number of aromatic nitrogens is 3. The van der Waals surface area contributed by atoms with Gasteiger partial charge in [0.05, 0.1) is 18.2 Å². The summed E-state index contributed by atoms with van der Waals surface area (Å²) in [7, 11) is 0.942. The molecule has 0 atom stereocenters. The number of alkyl halides is 3. The number of ether oxygens (including phenoxy) is 1. The molecule has 2 aromatic rings. The van der Waals surface area contributed by atoms with E-state index >= 15 is 0 Å². The van der Waals surface area contributed by atoms with Gasteiger partial charge < -0.3 is 10.5 Å². The van der Waals surface area contributed by atoms with Crippen LogP contribution in [0.1, 0.15) is 16.1 Å². The van der Waals surface area contributed by atoms with Gasteiger partial charge in [-0.15, -0.1) is 0 Å². The van der Waals surface area contributed by atoms with Crippen molar-refractivity contribution < 1.29 is 27.1 Å². The van der Waals surface area contributed by atoms with E-state index in [2.05, 4.69) is 14.9 Å². The van der Waals surface area contributed by atoms with Crippen LogP contribution in [0.3, 0.4) is 0 Å². The van der Waals surface area contributed by atoms with Crippen molar-refractivity contribution in [3.05, 3.63) is 29.2 Å². The number of nitrogens with zero attached hydrogens (tertiary/aromatic N) is 2. The number of H-pyrrole nitrogens is 1. The largest absolute Gasteiger partial charge is 0.495 e. The van der Waals surface area contributed by atoms with Crippen LogP contribution in [0.2, 0.25) is 0 Å². The molecule has 0 saturated heterocycles. The highest BCUT2D eigenvalue weighted by molar-refractivity contribution is 5.97. The van der Waals surface area contributed by atoms with Gasteiger partial charge in [-0.05, 0) is 12.1 Å². The minimum atomic E-state index is -4.77. The molecule has 0 radical (unpaired) electrons. The topological polar surface area (TPSA) is 93.9 Å². The molecule has 0 aliphatic carbocycles. The van der Waals surface area contributed by atoms with Crippen LogP contribution in [-0.2, 0) is 6.18 Å². The zero-order valence-electron chi connectivity index (χ0n) is 10.5. The fraction of sp³-hybridized carbons (Fsp3) is 0.182. The van der Waals surface area contributed by atoms with Gasteiger partial charge in [0, 0.05) is 0 Å². The van der Waals surface area contributed by atoms with Crippen LogP contribution in [-0.4, -0.2) is 28.4 Å². The van der Waals surface area contributed by atoms with Gasteiger partial charge in [-0.2, -0.15) is 28.6 Å². The number of carbonyl (C=O) groups is 1. The van der Waals surface area contributed by atoms with Crippen LogP contribution in [0.5, 0.6) is 5.75 Å². The van der Waals surface area contributed by atoms with Crippen molar-refractivity contribution in [1.29, 1.82) is 0 Å². The van der Waals surface area contributed by atoms with Gasteiger partial charge in [-0.25, -0.2) is 4.39 Å². The van der Waals surface area contributed by atoms with E-state index in [9.17, 15) is 22.4 Å². The number of hydrogen-bond acceptors (Lipinski definition) is 4. The molecule has 1 aromatic heterocycles. The normalized spacial score (nSPS) is 11.5. The van der Waals surface area contributed by atoms with E-state index in [1.54, 1.807) is 0 Å². The molecule has 1 heterocycles. The second kappa shape index (κ2) is 5.04. The van der Waals surface area contributed by atoms with Gasteiger partial charge in [0.25, 0.3) is 5.91 Å². The third-order valence-corrected chi connectivity index (χ3v) is 2.63. The maximum Gasteiger partial charge on any atom is 0.419 e. The smallest absolute Gasteiger partial charge is 0.419 e. The van der Waals surface area contributed by atoms with Gasteiger partial charge in [0.2, 0.25) is 0 Å². The minimum Gasteiger partial charge on any atom is -0.495 e. The predicted molar refractivity (Wildman–Crippen MR) is 61.8 cm³/mol. The molecular formula is C11H8F4N4O2. The van der Waals surface area contributed by atoms with Gasteiger partial charge in [-0.3, -0.25) is 4.79 Å². The highest BCUT2D eigenvalue weighted by atomic mass is 19.4. The first-order chi connectivity index (χ1) is 9.77. The van der Waals surface area contributed by atoms with E-state index in [1.165, 1.54) is 0 Å². The lowest BCUT2D eigenvalue weighted by Gasteiger charge is -2.15. The summed E-state index contributed by atoms with van der Waals surface area (Å²) in [6.45, 7) is 0. The first-order valence-electron chi connectivity index (χ1n) is 5.42. The van der Waals surface area contributed by atoms with Crippen LogP contribution in [0, 0.1) is 5.82 Å². The Hall–Kier alpha value is -2.65. The second-order valence-corrected chi connectivity index (χ2v) is 3.89. The number of aromatic amines is 1. The van der Waals surface area contributed by atoms with Gasteiger partial charge in [0.15, 0.2) is 5.69 Å². The van der Waals surface area contributed by atoms with E-state index in [1.807, 2.05) is 5.21 Å². The molecule has 112 valence electrons. The molecule has 0 spiro atoms. The maximum atomic E-state index is 13.9. The van der Waals surface area contributed by atoms with Crippen molar-refractivity contribution in [3.63, 3.8) is 0 Å². The third-order valence-electron chi connectivity index (χ3n) is 2.63. The Bertz CT molecular complexity index is 696. The number of rotatable bonds is 3. The van der Waals surface area contributed by atoms with Crippen LogP contribution in [0.15, 0.2) is 12.1 Å². The number of amides is 1. The predicted octanol–water partition coefficient (Wildman–Crippen LogP) is 1.74. The lowest BCUT2D eigenvalue weighted by molar-refractivity contribution is -0.138. The summed E-state index contributed by atoms with van der Waals surface area (Å²) in [5, 5.41) is 8.87. The Kier molecular flexibility index (Phi) is 3.54. The molecule has 0 unspecified atom stereocenters. The number of nitrogens with two attached hydrogens (primary N) is 1. The molecule has 0 aliphatic heterocycles. The lowest BCUT2D eigenvalue weighted by Crippen LogP contribution is -2.14. The Morgan fingerprint density at radius 2 is 2.00 bits per heavy atom. The summed E-state index contributed by atoms with van der Waals surface area (Å²) in [6, 6.07) is 1.13.